The van der Waals surface area contributed by atoms with Crippen molar-refractivity contribution >= 4 is 20.1 Å². The maximum Gasteiger partial charge on any atom is 0.586 e. The van der Waals surface area contributed by atoms with Crippen LogP contribution in [0.4, 0.5) is 20.5 Å². The average molecular weight is 695 g/mol. The fraction of sp³-hybridized carbons (Fsp3) is 0.703. The molecule has 12 heteroatoms. The Morgan fingerprint density at radius 2 is 1.78 bits per heavy atom. The predicted molar refractivity (Wildman–Crippen MR) is 187 cm³/mol. The molecule has 6 aliphatic rings. The van der Waals surface area contributed by atoms with E-state index in [-0.39, 0.29) is 28.5 Å². The molecule has 8 rings (SSSR count). The smallest absolute Gasteiger partial charge is 0.414 e. The van der Waals surface area contributed by atoms with Gasteiger partial charge in [0.1, 0.15) is 17.5 Å². The van der Waals surface area contributed by atoms with Crippen LogP contribution in [0.25, 0.3) is 0 Å². The molecule has 4 bridgehead atoms. The number of para-hydroxylation sites is 1. The fourth-order valence-corrected chi connectivity index (χ4v) is 10.8. The Balaban J connectivity index is 0.925. The van der Waals surface area contributed by atoms with Crippen LogP contribution in [0.5, 0.6) is 11.5 Å². The van der Waals surface area contributed by atoms with E-state index in [4.69, 9.17) is 9.16 Å². The number of hydrogen-bond donors (Lipinski definition) is 3. The van der Waals surface area contributed by atoms with Gasteiger partial charge in [0.2, 0.25) is 5.95 Å². The van der Waals surface area contributed by atoms with E-state index in [1.807, 2.05) is 0 Å². The lowest BCUT2D eigenvalue weighted by Crippen LogP contribution is -2.60. The number of fused-ring (bicyclic) bond motifs is 1. The highest BCUT2D eigenvalue weighted by molar-refractivity contribution is 6.74. The summed E-state index contributed by atoms with van der Waals surface area (Å²) >= 11 is 0. The molecule has 5 fully saturated rings. The van der Waals surface area contributed by atoms with E-state index in [1.54, 1.807) is 12.1 Å². The number of nitrogens with zero attached hydrogens (tertiary/aromatic N) is 3. The maximum absolute atomic E-state index is 13.7. The lowest BCUT2D eigenvalue weighted by Gasteiger charge is -2.60. The van der Waals surface area contributed by atoms with Crippen LogP contribution in [0, 0.1) is 40.4 Å². The van der Waals surface area contributed by atoms with Crippen molar-refractivity contribution in [1.29, 1.82) is 5.26 Å². The van der Waals surface area contributed by atoms with Crippen LogP contribution in [0.1, 0.15) is 89.7 Å². The minimum Gasteiger partial charge on any atom is -0.414 e. The van der Waals surface area contributed by atoms with Gasteiger partial charge in [-0.1, -0.05) is 32.9 Å². The van der Waals surface area contributed by atoms with Crippen LogP contribution < -0.4 is 25.4 Å². The molecule has 9 nitrogen and oxygen atoms in total. The molecular formula is C37H52F2N6O3Si. The second-order valence-corrected chi connectivity index (χ2v) is 21.9. The molecule has 5 aliphatic carbocycles. The van der Waals surface area contributed by atoms with Crippen LogP contribution in [0.3, 0.4) is 0 Å². The van der Waals surface area contributed by atoms with E-state index in [0.29, 0.717) is 46.9 Å². The molecular weight excluding hydrogens is 643 g/mol. The fourth-order valence-electron chi connectivity index (χ4n) is 9.39. The summed E-state index contributed by atoms with van der Waals surface area (Å²) in [4.78, 5) is 8.94. The number of ether oxygens (including phenoxy) is 2. The van der Waals surface area contributed by atoms with E-state index in [1.165, 1.54) is 70.1 Å². The first kappa shape index (κ1) is 34.4. The van der Waals surface area contributed by atoms with E-state index < -0.39 is 14.6 Å². The van der Waals surface area contributed by atoms with Crippen molar-refractivity contribution in [3.8, 4) is 17.6 Å². The number of alkyl halides is 2. The zero-order chi connectivity index (χ0) is 34.6. The molecule has 0 spiro atoms. The average Bonchev–Trinajstić information content (AvgIpc) is 3.36. The molecule has 3 unspecified atom stereocenters. The molecule has 2 heterocycles. The van der Waals surface area contributed by atoms with E-state index in [0.717, 1.165) is 24.9 Å². The minimum absolute atomic E-state index is 0.000625. The number of anilines is 2. The summed E-state index contributed by atoms with van der Waals surface area (Å²) in [5, 5.41) is 20.8. The van der Waals surface area contributed by atoms with Gasteiger partial charge in [-0.2, -0.15) is 10.2 Å². The number of aromatic nitrogens is 2. The molecule has 0 radical (unpaired) electrons. The van der Waals surface area contributed by atoms with Crippen molar-refractivity contribution in [3.63, 3.8) is 0 Å². The monoisotopic (exact) mass is 694 g/mol. The summed E-state index contributed by atoms with van der Waals surface area (Å²) in [6.07, 6.45) is 9.39. The van der Waals surface area contributed by atoms with Gasteiger partial charge in [-0.15, -0.1) is 8.78 Å². The van der Waals surface area contributed by atoms with Crippen molar-refractivity contribution in [2.45, 2.75) is 122 Å². The lowest BCUT2D eigenvalue weighted by atomic mass is 9.48. The summed E-state index contributed by atoms with van der Waals surface area (Å²) in [6, 6.07) is 7.59. The Labute approximate surface area is 290 Å². The predicted octanol–water partition coefficient (Wildman–Crippen LogP) is 8.06. The Morgan fingerprint density at radius 1 is 1.04 bits per heavy atom. The zero-order valence-electron chi connectivity index (χ0n) is 29.6. The van der Waals surface area contributed by atoms with E-state index in [2.05, 4.69) is 70.6 Å². The third-order valence-corrected chi connectivity index (χ3v) is 17.1. The van der Waals surface area contributed by atoms with Gasteiger partial charge < -0.3 is 29.9 Å². The highest BCUT2D eigenvalue weighted by Gasteiger charge is 2.55. The van der Waals surface area contributed by atoms with Gasteiger partial charge in [-0.25, -0.2) is 4.98 Å². The van der Waals surface area contributed by atoms with Gasteiger partial charge >= 0.3 is 6.29 Å². The number of nitrogens with one attached hydrogen (secondary N) is 3. The number of hydrogen-bond acceptors (Lipinski definition) is 9. The zero-order valence-corrected chi connectivity index (χ0v) is 30.6. The molecule has 0 saturated heterocycles. The highest BCUT2D eigenvalue weighted by atomic mass is 28.4. The third kappa shape index (κ3) is 7.26. The van der Waals surface area contributed by atoms with Crippen LogP contribution in [0.2, 0.25) is 18.1 Å². The van der Waals surface area contributed by atoms with Crippen LogP contribution in [0.15, 0.2) is 24.4 Å². The number of halogens is 2. The number of benzene rings is 1. The summed E-state index contributed by atoms with van der Waals surface area (Å²) in [6.45, 7) is 13.8. The second kappa shape index (κ2) is 12.9. The molecule has 2 aromatic rings. The number of nitriles is 1. The van der Waals surface area contributed by atoms with Gasteiger partial charge in [-0.05, 0) is 118 Å². The Kier molecular flexibility index (Phi) is 9.10. The molecule has 1 aromatic carbocycles. The summed E-state index contributed by atoms with van der Waals surface area (Å²) < 4.78 is 43.3. The summed E-state index contributed by atoms with van der Waals surface area (Å²) in [5.74, 6) is 3.69. The molecule has 5 saturated carbocycles. The molecule has 1 aliphatic heterocycles. The standard InChI is InChI=1S/C37H52F2N6O3Si/c1-35(2,3)49(4,5)48-29-11-9-23(10-12-29)19-41-31-26-13-24-14-27(31)17-36(15-24,16-26)22-44-33-28(18-40)21-43-34(45-33)42-20-25-7-6-8-30-32(25)47-37(38,39)46-30/h6-8,21,23-24,26-27,29,31,41H,9-17,19-20,22H2,1-5H3,(H2,42,43,44,45)/t23?,24?,26-,27+,29?,31?,36?. The SMILES string of the molecule is CC(C)(C)[Si](C)(C)OC1CCC(CNC2[C@@H]3CC4C[C@H]2CC(CNc2nc(NCc5cccc6c5OC(F)(F)O6)ncc2C#N)(C4)C3)CC1. The first-order valence-corrected chi connectivity index (χ1v) is 21.2. The number of rotatable bonds is 11. The molecule has 5 atom stereocenters. The lowest BCUT2D eigenvalue weighted by molar-refractivity contribution is -0.286. The first-order valence-electron chi connectivity index (χ1n) is 18.3. The van der Waals surface area contributed by atoms with Crippen molar-refractivity contribution in [2.75, 3.05) is 23.7 Å². The van der Waals surface area contributed by atoms with Gasteiger partial charge in [-0.3, -0.25) is 0 Å². The van der Waals surface area contributed by atoms with E-state index >= 15 is 0 Å². The largest absolute Gasteiger partial charge is 0.586 e. The Morgan fingerprint density at radius 3 is 2.47 bits per heavy atom. The maximum atomic E-state index is 13.7. The normalized spacial score (nSPS) is 31.4. The van der Waals surface area contributed by atoms with Crippen molar-refractivity contribution in [3.05, 3.63) is 35.5 Å². The van der Waals surface area contributed by atoms with Crippen molar-refractivity contribution in [2.24, 2.45) is 29.1 Å². The molecule has 0 amide bonds. The van der Waals surface area contributed by atoms with Crippen LogP contribution >= 0.6 is 0 Å². The third-order valence-electron chi connectivity index (χ3n) is 12.6. The van der Waals surface area contributed by atoms with Crippen molar-refractivity contribution in [1.82, 2.24) is 15.3 Å². The van der Waals surface area contributed by atoms with Gasteiger partial charge in [0.05, 0.1) is 6.20 Å². The second-order valence-electron chi connectivity index (χ2n) is 17.1. The van der Waals surface area contributed by atoms with Gasteiger partial charge in [0.25, 0.3) is 0 Å². The summed E-state index contributed by atoms with van der Waals surface area (Å²) in [5.41, 5.74) is 1.08. The highest BCUT2D eigenvalue weighted by Crippen LogP contribution is 2.60. The first-order chi connectivity index (χ1) is 23.2. The van der Waals surface area contributed by atoms with Crippen LogP contribution in [-0.2, 0) is 11.0 Å². The Bertz CT molecular complexity index is 1550. The molecule has 3 N–H and O–H groups in total. The minimum atomic E-state index is -3.69. The Hall–Kier alpha value is -3.01. The van der Waals surface area contributed by atoms with Gasteiger partial charge in [0, 0.05) is 30.8 Å². The van der Waals surface area contributed by atoms with E-state index in [9.17, 15) is 14.0 Å². The van der Waals surface area contributed by atoms with Crippen molar-refractivity contribution < 1.29 is 22.7 Å². The molecule has 1 aromatic heterocycles. The summed E-state index contributed by atoms with van der Waals surface area (Å²) in [7, 11) is -1.72. The quantitative estimate of drug-likeness (QED) is 0.201. The molecule has 49 heavy (non-hydrogen) atoms. The molecule has 266 valence electrons. The topological polar surface area (TPSA) is 113 Å². The van der Waals surface area contributed by atoms with Crippen LogP contribution in [-0.4, -0.2) is 49.8 Å². The van der Waals surface area contributed by atoms with Gasteiger partial charge in [0.15, 0.2) is 19.8 Å².